The highest BCUT2D eigenvalue weighted by Gasteiger charge is 2.18. The fourth-order valence-corrected chi connectivity index (χ4v) is 6.68. The van der Waals surface area contributed by atoms with Crippen LogP contribution in [0.5, 0.6) is 0 Å². The third kappa shape index (κ3) is 38.1. The van der Waals surface area contributed by atoms with Gasteiger partial charge in [0, 0.05) is 12.8 Å². The molecule has 6 nitrogen and oxygen atoms in total. The minimum absolute atomic E-state index is 0.0386. The Morgan fingerprint density at radius 2 is 0.904 bits per heavy atom. The third-order valence-electron chi connectivity index (χ3n) is 10.2. The van der Waals surface area contributed by atoms with Crippen LogP contribution < -0.4 is 5.32 Å². The van der Waals surface area contributed by atoms with Crippen LogP contribution in [0.3, 0.4) is 0 Å². The standard InChI is InChI=1S/C46H87NO5/c1-3-5-7-9-11-13-15-17-18-22-26-30-34-38-44(49)43(42-48)47-45(50)39-35-31-27-23-20-21-25-29-33-37-41-52-46(51)40-36-32-28-24-19-16-14-12-10-8-6-4-2/h21,25,34,38,43-44,48-49H,3-20,22-24,26-33,35-37,39-42H2,1-2H3,(H,47,50)/b25-21-,38-34+. The van der Waals surface area contributed by atoms with Crippen LogP contribution in [0, 0.1) is 0 Å². The number of ether oxygens (including phenoxy) is 1. The Balaban J connectivity index is 3.59. The average molecular weight is 734 g/mol. The smallest absolute Gasteiger partial charge is 0.305 e. The molecule has 0 aliphatic heterocycles. The normalized spacial score (nSPS) is 12.9. The van der Waals surface area contributed by atoms with Crippen molar-refractivity contribution in [1.82, 2.24) is 5.32 Å². The van der Waals surface area contributed by atoms with Gasteiger partial charge in [-0.15, -0.1) is 0 Å². The number of esters is 1. The molecule has 2 unspecified atom stereocenters. The van der Waals surface area contributed by atoms with Crippen molar-refractivity contribution in [1.29, 1.82) is 0 Å². The molecular weight excluding hydrogens is 647 g/mol. The lowest BCUT2D eigenvalue weighted by Gasteiger charge is -2.20. The van der Waals surface area contributed by atoms with Crippen LogP contribution in [0.25, 0.3) is 0 Å². The summed E-state index contributed by atoms with van der Waals surface area (Å²) in [6.45, 7) is 4.79. The van der Waals surface area contributed by atoms with Crippen molar-refractivity contribution < 1.29 is 24.5 Å². The van der Waals surface area contributed by atoms with E-state index in [9.17, 15) is 19.8 Å². The first-order valence-corrected chi connectivity index (χ1v) is 22.6. The van der Waals surface area contributed by atoms with Crippen LogP contribution >= 0.6 is 0 Å². The molecule has 0 saturated carbocycles. The summed E-state index contributed by atoms with van der Waals surface area (Å²) in [5.41, 5.74) is 0. The van der Waals surface area contributed by atoms with E-state index in [0.29, 0.717) is 19.4 Å². The van der Waals surface area contributed by atoms with Crippen molar-refractivity contribution in [3.63, 3.8) is 0 Å². The van der Waals surface area contributed by atoms with Gasteiger partial charge in [0.25, 0.3) is 0 Å². The highest BCUT2D eigenvalue weighted by molar-refractivity contribution is 5.76. The molecule has 0 spiro atoms. The van der Waals surface area contributed by atoms with Gasteiger partial charge in [0.1, 0.15) is 0 Å². The summed E-state index contributed by atoms with van der Waals surface area (Å²) in [5, 5.41) is 22.9. The van der Waals surface area contributed by atoms with Crippen molar-refractivity contribution in [2.75, 3.05) is 13.2 Å². The van der Waals surface area contributed by atoms with Crippen molar-refractivity contribution >= 4 is 11.9 Å². The van der Waals surface area contributed by atoms with E-state index in [1.807, 2.05) is 6.08 Å². The number of hydrogen-bond donors (Lipinski definition) is 3. The predicted molar refractivity (Wildman–Crippen MR) is 223 cm³/mol. The quantitative estimate of drug-likeness (QED) is 0.0330. The second-order valence-electron chi connectivity index (χ2n) is 15.4. The minimum atomic E-state index is -0.864. The summed E-state index contributed by atoms with van der Waals surface area (Å²) < 4.78 is 5.41. The second kappa shape index (κ2) is 42.1. The molecule has 306 valence electrons. The van der Waals surface area contributed by atoms with Gasteiger partial charge in [-0.2, -0.15) is 0 Å². The van der Waals surface area contributed by atoms with E-state index in [2.05, 4.69) is 31.3 Å². The number of aliphatic hydroxyl groups excluding tert-OH is 2. The van der Waals surface area contributed by atoms with Gasteiger partial charge in [-0.1, -0.05) is 186 Å². The lowest BCUT2D eigenvalue weighted by molar-refractivity contribution is -0.143. The van der Waals surface area contributed by atoms with E-state index >= 15 is 0 Å². The highest BCUT2D eigenvalue weighted by Crippen LogP contribution is 2.14. The van der Waals surface area contributed by atoms with Crippen LogP contribution in [-0.2, 0) is 14.3 Å². The molecule has 6 heteroatoms. The van der Waals surface area contributed by atoms with E-state index in [1.54, 1.807) is 6.08 Å². The van der Waals surface area contributed by atoms with Crippen LogP contribution in [0.15, 0.2) is 24.3 Å². The van der Waals surface area contributed by atoms with E-state index in [4.69, 9.17) is 4.74 Å². The first kappa shape index (κ1) is 50.3. The Hall–Kier alpha value is -1.66. The molecule has 0 heterocycles. The van der Waals surface area contributed by atoms with Gasteiger partial charge in [0.15, 0.2) is 0 Å². The molecule has 1 amide bonds. The van der Waals surface area contributed by atoms with E-state index < -0.39 is 12.1 Å². The molecule has 52 heavy (non-hydrogen) atoms. The van der Waals surface area contributed by atoms with E-state index in [-0.39, 0.29) is 18.5 Å². The van der Waals surface area contributed by atoms with Gasteiger partial charge in [0.05, 0.1) is 25.4 Å². The molecule has 2 atom stereocenters. The number of rotatable bonds is 41. The number of hydrogen-bond acceptors (Lipinski definition) is 5. The molecule has 0 aromatic carbocycles. The number of nitrogens with one attached hydrogen (secondary N) is 1. The van der Waals surface area contributed by atoms with Crippen LogP contribution in [0.1, 0.15) is 232 Å². The monoisotopic (exact) mass is 734 g/mol. The number of allylic oxidation sites excluding steroid dienone is 3. The molecule has 0 saturated heterocycles. The average Bonchev–Trinajstić information content (AvgIpc) is 3.14. The number of amides is 1. The van der Waals surface area contributed by atoms with Gasteiger partial charge in [-0.25, -0.2) is 0 Å². The maximum Gasteiger partial charge on any atom is 0.305 e. The molecule has 0 radical (unpaired) electrons. The topological polar surface area (TPSA) is 95.9 Å². The summed E-state index contributed by atoms with van der Waals surface area (Å²) >= 11 is 0. The lowest BCUT2D eigenvalue weighted by atomic mass is 10.0. The summed E-state index contributed by atoms with van der Waals surface area (Å²) in [4.78, 5) is 24.3. The van der Waals surface area contributed by atoms with Crippen LogP contribution in [0.2, 0.25) is 0 Å². The Kier molecular flexibility index (Phi) is 40.7. The van der Waals surface area contributed by atoms with Gasteiger partial charge >= 0.3 is 5.97 Å². The van der Waals surface area contributed by atoms with E-state index in [0.717, 1.165) is 77.0 Å². The number of carbonyl (C=O) groups excluding carboxylic acids is 2. The Morgan fingerprint density at radius 1 is 0.519 bits per heavy atom. The first-order valence-electron chi connectivity index (χ1n) is 22.6. The van der Waals surface area contributed by atoms with Crippen molar-refractivity contribution in [2.45, 2.75) is 244 Å². The van der Waals surface area contributed by atoms with Crippen LogP contribution in [0.4, 0.5) is 0 Å². The molecule has 0 aliphatic rings. The first-order chi connectivity index (χ1) is 25.5. The minimum Gasteiger partial charge on any atom is -0.466 e. The lowest BCUT2D eigenvalue weighted by Crippen LogP contribution is -2.45. The van der Waals surface area contributed by atoms with Gasteiger partial charge in [-0.05, 0) is 57.8 Å². The SMILES string of the molecule is CCCCCCCCCCCCC/C=C/C(O)C(CO)NC(=O)CCCCCC/C=C\CCCCOC(=O)CCCCCCCCCCCCCC. The Bertz CT molecular complexity index is 813. The van der Waals surface area contributed by atoms with Gasteiger partial charge in [0.2, 0.25) is 5.91 Å². The van der Waals surface area contributed by atoms with Gasteiger partial charge in [-0.3, -0.25) is 9.59 Å². The summed E-state index contributed by atoms with van der Waals surface area (Å²) in [6.07, 6.45) is 47.3. The molecule has 0 bridgehead atoms. The zero-order chi connectivity index (χ0) is 38.0. The summed E-state index contributed by atoms with van der Waals surface area (Å²) in [5.74, 6) is -0.143. The fourth-order valence-electron chi connectivity index (χ4n) is 6.68. The zero-order valence-electron chi connectivity index (χ0n) is 34.5. The number of unbranched alkanes of at least 4 members (excludes halogenated alkanes) is 28. The van der Waals surface area contributed by atoms with Gasteiger partial charge < -0.3 is 20.3 Å². The molecule has 0 rings (SSSR count). The molecule has 3 N–H and O–H groups in total. The molecule has 0 aliphatic carbocycles. The number of aliphatic hydroxyl groups is 2. The molecule has 0 aromatic heterocycles. The third-order valence-corrected chi connectivity index (χ3v) is 10.2. The van der Waals surface area contributed by atoms with Crippen molar-refractivity contribution in [2.24, 2.45) is 0 Å². The maximum atomic E-state index is 12.4. The second-order valence-corrected chi connectivity index (χ2v) is 15.4. The Labute approximate surface area is 322 Å². The van der Waals surface area contributed by atoms with E-state index in [1.165, 1.54) is 128 Å². The highest BCUT2D eigenvalue weighted by atomic mass is 16.5. The maximum absolute atomic E-state index is 12.4. The fraction of sp³-hybridized carbons (Fsp3) is 0.870. The predicted octanol–water partition coefficient (Wildman–Crippen LogP) is 12.8. The largest absolute Gasteiger partial charge is 0.466 e. The number of carbonyl (C=O) groups is 2. The van der Waals surface area contributed by atoms with Crippen molar-refractivity contribution in [3.8, 4) is 0 Å². The molecular formula is C46H87NO5. The van der Waals surface area contributed by atoms with Crippen LogP contribution in [-0.4, -0.2) is 47.4 Å². The summed E-state index contributed by atoms with van der Waals surface area (Å²) in [6, 6.07) is -0.651. The molecule has 0 fully saturated rings. The summed E-state index contributed by atoms with van der Waals surface area (Å²) in [7, 11) is 0. The van der Waals surface area contributed by atoms with Crippen molar-refractivity contribution in [3.05, 3.63) is 24.3 Å². The zero-order valence-corrected chi connectivity index (χ0v) is 34.5. The molecule has 0 aromatic rings. The Morgan fingerprint density at radius 3 is 1.37 bits per heavy atom.